The number of rotatable bonds is 3. The largest absolute Gasteiger partial charge is 0.444 e. The topological polar surface area (TPSA) is 50.8 Å². The molecule has 1 atom stereocenters. The second-order valence-corrected chi connectivity index (χ2v) is 7.78. The monoisotopic (exact) mass is 298 g/mol. The number of hydrogen-bond acceptors (Lipinski definition) is 4. The zero-order chi connectivity index (χ0) is 15.5. The third-order valence-corrected chi connectivity index (χ3v) is 4.10. The maximum Gasteiger partial charge on any atom is 0.410 e. The standard InChI is InChI=1S/C16H30N2O3/c1-15(2,3)21-14(19)18-8-5-6-13(7-9-18)17-10-16(4)11-20-12-16/h13,17H,5-12H2,1-4H3. The van der Waals surface area contributed by atoms with E-state index in [-0.39, 0.29) is 6.09 Å². The predicted molar refractivity (Wildman–Crippen MR) is 82.4 cm³/mol. The molecule has 0 radical (unpaired) electrons. The van der Waals surface area contributed by atoms with Gasteiger partial charge in [-0.05, 0) is 40.0 Å². The predicted octanol–water partition coefficient (Wildman–Crippen LogP) is 2.40. The smallest absolute Gasteiger partial charge is 0.410 e. The molecule has 0 bridgehead atoms. The van der Waals surface area contributed by atoms with Gasteiger partial charge in [0.15, 0.2) is 0 Å². The number of hydrogen-bond donors (Lipinski definition) is 1. The van der Waals surface area contributed by atoms with Crippen LogP contribution in [-0.4, -0.2) is 55.5 Å². The van der Waals surface area contributed by atoms with Gasteiger partial charge >= 0.3 is 6.09 Å². The van der Waals surface area contributed by atoms with E-state index in [0.29, 0.717) is 11.5 Å². The molecule has 21 heavy (non-hydrogen) atoms. The van der Waals surface area contributed by atoms with Crippen molar-refractivity contribution in [1.82, 2.24) is 10.2 Å². The van der Waals surface area contributed by atoms with E-state index in [2.05, 4.69) is 12.2 Å². The summed E-state index contributed by atoms with van der Waals surface area (Å²) in [6.07, 6.45) is 2.97. The molecule has 1 amide bonds. The summed E-state index contributed by atoms with van der Waals surface area (Å²) in [5.74, 6) is 0. The fourth-order valence-electron chi connectivity index (χ4n) is 2.75. The van der Waals surface area contributed by atoms with Crippen LogP contribution in [0.5, 0.6) is 0 Å². The van der Waals surface area contributed by atoms with Gasteiger partial charge in [0.05, 0.1) is 13.2 Å². The Kier molecular flexibility index (Phi) is 5.15. The van der Waals surface area contributed by atoms with Crippen molar-refractivity contribution in [2.75, 3.05) is 32.8 Å². The number of carbonyl (C=O) groups is 1. The zero-order valence-corrected chi connectivity index (χ0v) is 13.9. The molecule has 2 fully saturated rings. The first-order valence-electron chi connectivity index (χ1n) is 8.07. The van der Waals surface area contributed by atoms with E-state index in [9.17, 15) is 4.79 Å². The van der Waals surface area contributed by atoms with Crippen molar-refractivity contribution >= 4 is 6.09 Å². The lowest BCUT2D eigenvalue weighted by atomic mass is 9.88. The average molecular weight is 298 g/mol. The summed E-state index contributed by atoms with van der Waals surface area (Å²) in [4.78, 5) is 14.0. The summed E-state index contributed by atoms with van der Waals surface area (Å²) >= 11 is 0. The summed E-state index contributed by atoms with van der Waals surface area (Å²) in [6, 6.07) is 0.495. The minimum absolute atomic E-state index is 0.178. The lowest BCUT2D eigenvalue weighted by Gasteiger charge is -2.39. The van der Waals surface area contributed by atoms with Gasteiger partial charge in [-0.1, -0.05) is 6.92 Å². The van der Waals surface area contributed by atoms with E-state index in [0.717, 1.165) is 52.1 Å². The normalized spacial score (nSPS) is 25.9. The number of amides is 1. The van der Waals surface area contributed by atoms with Gasteiger partial charge in [0.1, 0.15) is 5.60 Å². The molecule has 5 heteroatoms. The molecule has 0 aromatic carbocycles. The highest BCUT2D eigenvalue weighted by atomic mass is 16.6. The number of ether oxygens (including phenoxy) is 2. The van der Waals surface area contributed by atoms with Crippen LogP contribution >= 0.6 is 0 Å². The van der Waals surface area contributed by atoms with Gasteiger partial charge in [0, 0.05) is 31.1 Å². The van der Waals surface area contributed by atoms with Crippen molar-refractivity contribution in [2.45, 2.75) is 58.6 Å². The van der Waals surface area contributed by atoms with Crippen LogP contribution in [0.25, 0.3) is 0 Å². The Morgan fingerprint density at radius 1 is 1.33 bits per heavy atom. The minimum Gasteiger partial charge on any atom is -0.444 e. The molecule has 0 aliphatic carbocycles. The van der Waals surface area contributed by atoms with E-state index >= 15 is 0 Å². The van der Waals surface area contributed by atoms with E-state index in [1.54, 1.807) is 0 Å². The third-order valence-electron chi connectivity index (χ3n) is 4.10. The Hall–Kier alpha value is -0.810. The van der Waals surface area contributed by atoms with Gasteiger partial charge in [-0.25, -0.2) is 4.79 Å². The van der Waals surface area contributed by atoms with Crippen molar-refractivity contribution < 1.29 is 14.3 Å². The average Bonchev–Trinajstić information content (AvgIpc) is 2.57. The Labute approximate surface area is 128 Å². The third kappa shape index (κ3) is 5.15. The summed E-state index contributed by atoms with van der Waals surface area (Å²) < 4.78 is 10.7. The Balaban J connectivity index is 1.75. The number of likely N-dealkylation sites (tertiary alicyclic amines) is 1. The van der Waals surface area contributed by atoms with Crippen LogP contribution in [0.4, 0.5) is 4.79 Å². The fraction of sp³-hybridized carbons (Fsp3) is 0.938. The molecule has 2 rings (SSSR count). The highest BCUT2D eigenvalue weighted by molar-refractivity contribution is 5.68. The van der Waals surface area contributed by atoms with E-state index in [1.165, 1.54) is 0 Å². The van der Waals surface area contributed by atoms with Crippen molar-refractivity contribution in [3.05, 3.63) is 0 Å². The van der Waals surface area contributed by atoms with E-state index < -0.39 is 5.60 Å². The molecule has 0 saturated carbocycles. The van der Waals surface area contributed by atoms with Crippen LogP contribution in [0.1, 0.15) is 47.0 Å². The molecule has 122 valence electrons. The Morgan fingerprint density at radius 2 is 2.05 bits per heavy atom. The van der Waals surface area contributed by atoms with Crippen molar-refractivity contribution in [2.24, 2.45) is 5.41 Å². The summed E-state index contributed by atoms with van der Waals surface area (Å²) in [5, 5.41) is 3.65. The molecule has 0 aromatic heterocycles. The fourth-order valence-corrected chi connectivity index (χ4v) is 2.75. The molecule has 5 nitrogen and oxygen atoms in total. The summed E-state index contributed by atoms with van der Waals surface area (Å²) in [5.41, 5.74) is -0.114. The van der Waals surface area contributed by atoms with Crippen LogP contribution in [0.3, 0.4) is 0 Å². The molecule has 1 unspecified atom stereocenters. The van der Waals surface area contributed by atoms with Crippen LogP contribution in [0.2, 0.25) is 0 Å². The molecule has 2 heterocycles. The molecule has 2 saturated heterocycles. The first-order valence-corrected chi connectivity index (χ1v) is 8.07. The van der Waals surface area contributed by atoms with Gasteiger partial charge < -0.3 is 19.7 Å². The molecule has 2 aliphatic heterocycles. The summed E-state index contributed by atoms with van der Waals surface area (Å²) in [6.45, 7) is 12.3. The molecular formula is C16H30N2O3. The number of nitrogens with one attached hydrogen (secondary N) is 1. The SMILES string of the molecule is CC1(CNC2CCCN(C(=O)OC(C)(C)C)CC2)COC1. The van der Waals surface area contributed by atoms with Gasteiger partial charge in [-0.3, -0.25) is 0 Å². The zero-order valence-electron chi connectivity index (χ0n) is 13.9. The molecule has 2 aliphatic rings. The molecule has 0 spiro atoms. The van der Waals surface area contributed by atoms with Crippen molar-refractivity contribution in [3.63, 3.8) is 0 Å². The Bertz CT molecular complexity index is 361. The van der Waals surface area contributed by atoms with Crippen LogP contribution in [0.15, 0.2) is 0 Å². The maximum absolute atomic E-state index is 12.1. The summed E-state index contributed by atoms with van der Waals surface area (Å²) in [7, 11) is 0. The lowest BCUT2D eigenvalue weighted by molar-refractivity contribution is -0.100. The van der Waals surface area contributed by atoms with Crippen molar-refractivity contribution in [1.29, 1.82) is 0 Å². The highest BCUT2D eigenvalue weighted by Gasteiger charge is 2.34. The van der Waals surface area contributed by atoms with Crippen molar-refractivity contribution in [3.8, 4) is 0 Å². The maximum atomic E-state index is 12.1. The van der Waals surface area contributed by atoms with Gasteiger partial charge in [0.2, 0.25) is 0 Å². The second-order valence-electron chi connectivity index (χ2n) is 7.78. The van der Waals surface area contributed by atoms with Crippen LogP contribution in [-0.2, 0) is 9.47 Å². The molecular weight excluding hydrogens is 268 g/mol. The lowest BCUT2D eigenvalue weighted by Crippen LogP contribution is -2.49. The first-order chi connectivity index (χ1) is 9.77. The molecule has 0 aromatic rings. The first kappa shape index (κ1) is 16.6. The highest BCUT2D eigenvalue weighted by Crippen LogP contribution is 2.26. The molecule has 1 N–H and O–H groups in total. The van der Waals surface area contributed by atoms with E-state index in [1.807, 2.05) is 25.7 Å². The van der Waals surface area contributed by atoms with E-state index in [4.69, 9.17) is 9.47 Å². The Morgan fingerprint density at radius 3 is 2.62 bits per heavy atom. The van der Waals surface area contributed by atoms with Crippen LogP contribution in [0, 0.1) is 5.41 Å². The van der Waals surface area contributed by atoms with Gasteiger partial charge in [0.25, 0.3) is 0 Å². The minimum atomic E-state index is -0.417. The number of nitrogens with zero attached hydrogens (tertiary/aromatic N) is 1. The van der Waals surface area contributed by atoms with Crippen LogP contribution < -0.4 is 5.32 Å². The van der Waals surface area contributed by atoms with Gasteiger partial charge in [-0.2, -0.15) is 0 Å². The quantitative estimate of drug-likeness (QED) is 0.869. The van der Waals surface area contributed by atoms with Gasteiger partial charge in [-0.15, -0.1) is 0 Å². The second kappa shape index (κ2) is 6.53. The number of carbonyl (C=O) groups excluding carboxylic acids is 1.